The van der Waals surface area contributed by atoms with Crippen LogP contribution in [-0.4, -0.2) is 31.7 Å². The topological polar surface area (TPSA) is 86.9 Å². The van der Waals surface area contributed by atoms with E-state index in [1.807, 2.05) is 23.8 Å². The van der Waals surface area contributed by atoms with Gasteiger partial charge in [-0.15, -0.1) is 0 Å². The van der Waals surface area contributed by atoms with Gasteiger partial charge in [-0.05, 0) is 49.7 Å². The summed E-state index contributed by atoms with van der Waals surface area (Å²) >= 11 is 1.61. The molecule has 0 spiro atoms. The van der Waals surface area contributed by atoms with Gasteiger partial charge in [-0.1, -0.05) is 0 Å². The molecular formula is C13H20N4O2S2. The standard InChI is InChI=1S/C13H20N4O2S2/c1-9(6-11-4-5-20-8-11)17-21(18,19)13-10(2)15-16-12(13)7-14-3/h4-5,8-9,14,17H,6-7H2,1-3H3,(H,15,16). The molecule has 0 aliphatic rings. The fraction of sp³-hybridized carbons (Fsp3) is 0.462. The Balaban J connectivity index is 2.16. The molecule has 2 heterocycles. The second kappa shape index (κ2) is 6.69. The van der Waals surface area contributed by atoms with Gasteiger partial charge in [0.1, 0.15) is 4.90 Å². The summed E-state index contributed by atoms with van der Waals surface area (Å²) < 4.78 is 27.8. The molecule has 1 atom stereocenters. The maximum absolute atomic E-state index is 12.6. The number of thiophene rings is 1. The number of hydrogen-bond donors (Lipinski definition) is 3. The van der Waals surface area contributed by atoms with E-state index in [-0.39, 0.29) is 10.9 Å². The van der Waals surface area contributed by atoms with E-state index in [9.17, 15) is 8.42 Å². The third-order valence-corrected chi connectivity index (χ3v) is 5.58. The molecule has 21 heavy (non-hydrogen) atoms. The first-order chi connectivity index (χ1) is 9.94. The van der Waals surface area contributed by atoms with Crippen molar-refractivity contribution in [1.29, 1.82) is 0 Å². The maximum atomic E-state index is 12.6. The van der Waals surface area contributed by atoms with Crippen LogP contribution in [0.3, 0.4) is 0 Å². The Morgan fingerprint density at radius 3 is 2.86 bits per heavy atom. The molecule has 0 aliphatic heterocycles. The van der Waals surface area contributed by atoms with Crippen LogP contribution in [-0.2, 0) is 23.0 Å². The zero-order valence-electron chi connectivity index (χ0n) is 12.3. The zero-order valence-corrected chi connectivity index (χ0v) is 13.9. The van der Waals surface area contributed by atoms with Gasteiger partial charge < -0.3 is 5.32 Å². The third kappa shape index (κ3) is 3.91. The Bertz CT molecular complexity index is 677. The van der Waals surface area contributed by atoms with Crippen LogP contribution in [0.15, 0.2) is 21.7 Å². The molecule has 6 nitrogen and oxygen atoms in total. The summed E-state index contributed by atoms with van der Waals surface area (Å²) in [4.78, 5) is 0.244. The van der Waals surface area contributed by atoms with Gasteiger partial charge in [-0.25, -0.2) is 13.1 Å². The van der Waals surface area contributed by atoms with Gasteiger partial charge in [0.25, 0.3) is 0 Å². The molecule has 2 rings (SSSR count). The Morgan fingerprint density at radius 2 is 2.24 bits per heavy atom. The second-order valence-corrected chi connectivity index (χ2v) is 7.44. The summed E-state index contributed by atoms with van der Waals surface area (Å²) in [6, 6.07) is 1.83. The van der Waals surface area contributed by atoms with Gasteiger partial charge in [-0.2, -0.15) is 16.4 Å². The highest BCUT2D eigenvalue weighted by atomic mass is 32.2. The fourth-order valence-electron chi connectivity index (χ4n) is 2.24. The molecule has 0 saturated heterocycles. The molecule has 0 bridgehead atoms. The minimum absolute atomic E-state index is 0.179. The van der Waals surface area contributed by atoms with E-state index in [0.29, 0.717) is 24.4 Å². The second-order valence-electron chi connectivity index (χ2n) is 5.01. The average Bonchev–Trinajstić information content (AvgIpc) is 2.99. The number of aromatic amines is 1. The van der Waals surface area contributed by atoms with Crippen molar-refractivity contribution in [2.75, 3.05) is 7.05 Å². The van der Waals surface area contributed by atoms with E-state index < -0.39 is 10.0 Å². The fourth-order valence-corrected chi connectivity index (χ4v) is 4.53. The zero-order chi connectivity index (χ0) is 15.5. The predicted octanol–water partition coefficient (Wildman–Crippen LogP) is 1.41. The average molecular weight is 328 g/mol. The van der Waals surface area contributed by atoms with Crippen molar-refractivity contribution in [2.45, 2.75) is 37.8 Å². The molecule has 0 radical (unpaired) electrons. The van der Waals surface area contributed by atoms with Gasteiger partial charge in [-0.3, -0.25) is 5.10 Å². The number of nitrogens with one attached hydrogen (secondary N) is 3. The molecule has 0 aliphatic carbocycles. The van der Waals surface area contributed by atoms with Crippen molar-refractivity contribution in [3.63, 3.8) is 0 Å². The number of rotatable bonds is 7. The van der Waals surface area contributed by atoms with E-state index in [4.69, 9.17) is 0 Å². The molecule has 8 heteroatoms. The Hall–Kier alpha value is -1.22. The molecule has 0 aromatic carbocycles. The van der Waals surface area contributed by atoms with Crippen LogP contribution < -0.4 is 10.0 Å². The van der Waals surface area contributed by atoms with E-state index in [1.54, 1.807) is 25.3 Å². The van der Waals surface area contributed by atoms with Crippen molar-refractivity contribution in [3.05, 3.63) is 33.8 Å². The monoisotopic (exact) mass is 328 g/mol. The van der Waals surface area contributed by atoms with Crippen LogP contribution in [0.2, 0.25) is 0 Å². The molecular weight excluding hydrogens is 308 g/mol. The number of aryl methyl sites for hydroxylation is 1. The number of H-pyrrole nitrogens is 1. The van der Waals surface area contributed by atoms with Crippen LogP contribution in [0, 0.1) is 6.92 Å². The summed E-state index contributed by atoms with van der Waals surface area (Å²) in [6.45, 7) is 3.98. The highest BCUT2D eigenvalue weighted by molar-refractivity contribution is 7.89. The molecule has 116 valence electrons. The molecule has 1 unspecified atom stereocenters. The number of aromatic nitrogens is 2. The quantitative estimate of drug-likeness (QED) is 0.717. The minimum Gasteiger partial charge on any atom is -0.314 e. The summed E-state index contributed by atoms with van der Waals surface area (Å²) in [6.07, 6.45) is 0.668. The molecule has 0 amide bonds. The lowest BCUT2D eigenvalue weighted by Gasteiger charge is -2.14. The first-order valence-electron chi connectivity index (χ1n) is 6.66. The molecule has 2 aromatic heterocycles. The van der Waals surface area contributed by atoms with E-state index in [2.05, 4.69) is 20.2 Å². The lowest BCUT2D eigenvalue weighted by atomic mass is 10.1. The highest BCUT2D eigenvalue weighted by Crippen LogP contribution is 2.18. The van der Waals surface area contributed by atoms with Crippen molar-refractivity contribution in [2.24, 2.45) is 0 Å². The summed E-state index contributed by atoms with van der Waals surface area (Å²) in [5.41, 5.74) is 2.19. The van der Waals surface area contributed by atoms with Crippen LogP contribution in [0.5, 0.6) is 0 Å². The molecule has 0 fully saturated rings. The Kier molecular flexibility index (Phi) is 5.15. The van der Waals surface area contributed by atoms with Crippen LogP contribution >= 0.6 is 11.3 Å². The van der Waals surface area contributed by atoms with Crippen molar-refractivity contribution in [3.8, 4) is 0 Å². The van der Waals surface area contributed by atoms with Gasteiger partial charge in [0.05, 0.1) is 11.4 Å². The van der Waals surface area contributed by atoms with Gasteiger partial charge >= 0.3 is 0 Å². The summed E-state index contributed by atoms with van der Waals surface area (Å²) in [7, 11) is -1.83. The highest BCUT2D eigenvalue weighted by Gasteiger charge is 2.25. The van der Waals surface area contributed by atoms with Crippen LogP contribution in [0.1, 0.15) is 23.9 Å². The maximum Gasteiger partial charge on any atom is 0.244 e. The Morgan fingerprint density at radius 1 is 1.48 bits per heavy atom. The largest absolute Gasteiger partial charge is 0.314 e. The minimum atomic E-state index is -3.58. The van der Waals surface area contributed by atoms with Gasteiger partial charge in [0.15, 0.2) is 0 Å². The number of hydrogen-bond acceptors (Lipinski definition) is 5. The van der Waals surface area contributed by atoms with E-state index in [0.717, 1.165) is 5.56 Å². The van der Waals surface area contributed by atoms with Crippen molar-refractivity contribution >= 4 is 21.4 Å². The van der Waals surface area contributed by atoms with Gasteiger partial charge in [0, 0.05) is 12.6 Å². The predicted molar refractivity (Wildman–Crippen MR) is 83.9 cm³/mol. The lowest BCUT2D eigenvalue weighted by molar-refractivity contribution is 0.557. The third-order valence-electron chi connectivity index (χ3n) is 3.05. The van der Waals surface area contributed by atoms with Gasteiger partial charge in [0.2, 0.25) is 10.0 Å². The normalized spacial score (nSPS) is 13.5. The Labute approximate surface area is 129 Å². The lowest BCUT2D eigenvalue weighted by Crippen LogP contribution is -2.34. The first-order valence-corrected chi connectivity index (χ1v) is 9.08. The summed E-state index contributed by atoms with van der Waals surface area (Å²) in [5, 5.41) is 13.7. The van der Waals surface area contributed by atoms with Crippen molar-refractivity contribution < 1.29 is 8.42 Å². The molecule has 3 N–H and O–H groups in total. The smallest absolute Gasteiger partial charge is 0.244 e. The molecule has 2 aromatic rings. The first kappa shape index (κ1) is 16.2. The van der Waals surface area contributed by atoms with Crippen molar-refractivity contribution in [1.82, 2.24) is 20.2 Å². The summed E-state index contributed by atoms with van der Waals surface area (Å²) in [5.74, 6) is 0. The SMILES string of the molecule is CNCc1n[nH]c(C)c1S(=O)(=O)NC(C)Cc1ccsc1. The van der Waals surface area contributed by atoms with Crippen LogP contribution in [0.4, 0.5) is 0 Å². The van der Waals surface area contributed by atoms with E-state index >= 15 is 0 Å². The van der Waals surface area contributed by atoms with Crippen LogP contribution in [0.25, 0.3) is 0 Å². The van der Waals surface area contributed by atoms with E-state index in [1.165, 1.54) is 0 Å². The molecule has 0 saturated carbocycles. The number of nitrogens with zero attached hydrogens (tertiary/aromatic N) is 1. The number of sulfonamides is 1.